The van der Waals surface area contributed by atoms with E-state index in [0.29, 0.717) is 17.5 Å². The summed E-state index contributed by atoms with van der Waals surface area (Å²) in [5.74, 6) is 1.70. The highest BCUT2D eigenvalue weighted by molar-refractivity contribution is 6.26. The van der Waals surface area contributed by atoms with Gasteiger partial charge >= 0.3 is 0 Å². The van der Waals surface area contributed by atoms with Gasteiger partial charge in [-0.05, 0) is 59.7 Å². The van der Waals surface area contributed by atoms with E-state index in [1.165, 1.54) is 5.39 Å². The second kappa shape index (κ2) is 11.4. The summed E-state index contributed by atoms with van der Waals surface area (Å²) in [4.78, 5) is 19.6. The van der Waals surface area contributed by atoms with Crippen molar-refractivity contribution >= 4 is 43.7 Å². The normalized spacial score (nSPS) is 11.6. The molecule has 0 amide bonds. The van der Waals surface area contributed by atoms with Crippen LogP contribution in [0.4, 0.5) is 0 Å². The standard InChI is InChI=1S/C44H27N5O/c1-3-11-28(12-4-1)29-20-22-30(23-21-29)42-46-43(31-13-10-26-45-27-31)48-44(47-42)35-17-9-19-37-39(35)40-38(50-37)25-24-34-33-16-7-8-18-36(33)49(41(34)40)32-14-5-2-6-15-32/h1-27H. The van der Waals surface area contributed by atoms with Gasteiger partial charge in [0.2, 0.25) is 0 Å². The molecule has 4 aromatic heterocycles. The summed E-state index contributed by atoms with van der Waals surface area (Å²) < 4.78 is 8.94. The van der Waals surface area contributed by atoms with Gasteiger partial charge in [-0.25, -0.2) is 15.0 Å². The monoisotopic (exact) mass is 641 g/mol. The van der Waals surface area contributed by atoms with Gasteiger partial charge in [-0.15, -0.1) is 0 Å². The molecule has 6 aromatic carbocycles. The summed E-state index contributed by atoms with van der Waals surface area (Å²) in [5.41, 5.74) is 9.74. The maximum absolute atomic E-state index is 6.60. The first-order valence-corrected chi connectivity index (χ1v) is 16.6. The number of hydrogen-bond donors (Lipinski definition) is 0. The Morgan fingerprint density at radius 3 is 1.90 bits per heavy atom. The number of aromatic nitrogens is 5. The molecule has 4 heterocycles. The van der Waals surface area contributed by atoms with Gasteiger partial charge in [-0.3, -0.25) is 4.98 Å². The van der Waals surface area contributed by atoms with Crippen molar-refractivity contribution in [3.05, 3.63) is 164 Å². The summed E-state index contributed by atoms with van der Waals surface area (Å²) in [7, 11) is 0. The maximum atomic E-state index is 6.60. The van der Waals surface area contributed by atoms with Crippen LogP contribution in [0.5, 0.6) is 0 Å². The molecule has 0 unspecified atom stereocenters. The van der Waals surface area contributed by atoms with Crippen LogP contribution in [0.15, 0.2) is 168 Å². The van der Waals surface area contributed by atoms with Crippen LogP contribution in [0, 0.1) is 0 Å². The Kier molecular flexibility index (Phi) is 6.39. The number of nitrogens with zero attached hydrogens (tertiary/aromatic N) is 5. The predicted octanol–water partition coefficient (Wildman–Crippen LogP) is 10.9. The molecular weight excluding hydrogens is 615 g/mol. The van der Waals surface area contributed by atoms with Crippen molar-refractivity contribution in [3.8, 4) is 51.0 Å². The number of rotatable bonds is 5. The van der Waals surface area contributed by atoms with Crippen LogP contribution in [0.25, 0.3) is 94.7 Å². The summed E-state index contributed by atoms with van der Waals surface area (Å²) in [5, 5.41) is 4.31. The molecule has 6 heteroatoms. The van der Waals surface area contributed by atoms with Crippen molar-refractivity contribution in [1.82, 2.24) is 24.5 Å². The third kappa shape index (κ3) is 4.50. The highest BCUT2D eigenvalue weighted by atomic mass is 16.3. The van der Waals surface area contributed by atoms with Crippen molar-refractivity contribution in [2.75, 3.05) is 0 Å². The van der Waals surface area contributed by atoms with Crippen molar-refractivity contribution < 1.29 is 4.42 Å². The molecule has 234 valence electrons. The number of hydrogen-bond acceptors (Lipinski definition) is 5. The second-order valence-corrected chi connectivity index (χ2v) is 12.3. The Morgan fingerprint density at radius 1 is 0.440 bits per heavy atom. The average Bonchev–Trinajstić information content (AvgIpc) is 3.75. The summed E-state index contributed by atoms with van der Waals surface area (Å²) in [6.07, 6.45) is 3.54. The van der Waals surface area contributed by atoms with Gasteiger partial charge in [0.25, 0.3) is 0 Å². The molecule has 10 rings (SSSR count). The lowest BCUT2D eigenvalue weighted by molar-refractivity contribution is 0.669. The van der Waals surface area contributed by atoms with E-state index in [2.05, 4.69) is 125 Å². The highest BCUT2D eigenvalue weighted by Gasteiger charge is 2.23. The van der Waals surface area contributed by atoms with Crippen LogP contribution in [0.3, 0.4) is 0 Å². The lowest BCUT2D eigenvalue weighted by Gasteiger charge is -2.11. The van der Waals surface area contributed by atoms with Crippen molar-refractivity contribution in [3.63, 3.8) is 0 Å². The van der Waals surface area contributed by atoms with Crippen LogP contribution in [-0.4, -0.2) is 24.5 Å². The van der Waals surface area contributed by atoms with Gasteiger partial charge in [0.05, 0.1) is 16.4 Å². The third-order valence-electron chi connectivity index (χ3n) is 9.36. The minimum atomic E-state index is 0.554. The lowest BCUT2D eigenvalue weighted by atomic mass is 10.0. The number of fused-ring (bicyclic) bond motifs is 7. The minimum Gasteiger partial charge on any atom is -0.456 e. The predicted molar refractivity (Wildman–Crippen MR) is 201 cm³/mol. The van der Waals surface area contributed by atoms with Crippen LogP contribution >= 0.6 is 0 Å². The highest BCUT2D eigenvalue weighted by Crippen LogP contribution is 2.43. The molecule has 0 N–H and O–H groups in total. The molecule has 0 spiro atoms. The van der Waals surface area contributed by atoms with Crippen molar-refractivity contribution in [1.29, 1.82) is 0 Å². The van der Waals surface area contributed by atoms with E-state index in [1.54, 1.807) is 12.4 Å². The Balaban J connectivity index is 1.25. The quantitative estimate of drug-likeness (QED) is 0.187. The molecule has 0 aliphatic heterocycles. The molecule has 0 atom stereocenters. The van der Waals surface area contributed by atoms with Crippen LogP contribution in [-0.2, 0) is 0 Å². The first-order valence-electron chi connectivity index (χ1n) is 16.6. The molecule has 6 nitrogen and oxygen atoms in total. The zero-order chi connectivity index (χ0) is 33.0. The Morgan fingerprint density at radius 2 is 1.10 bits per heavy atom. The van der Waals surface area contributed by atoms with Gasteiger partial charge in [0.15, 0.2) is 17.5 Å². The molecule has 0 aliphatic carbocycles. The minimum absolute atomic E-state index is 0.554. The first-order chi connectivity index (χ1) is 24.8. The molecule has 0 saturated carbocycles. The second-order valence-electron chi connectivity index (χ2n) is 12.3. The molecule has 0 fully saturated rings. The van der Waals surface area contributed by atoms with Gasteiger partial charge in [-0.2, -0.15) is 0 Å². The molecule has 0 radical (unpaired) electrons. The number of pyridine rings is 1. The SMILES string of the molecule is c1ccc(-c2ccc(-c3nc(-c4cccnc4)nc(-c4cccc5oc6ccc7c8ccccc8n(-c8ccccc8)c7c6c45)n3)cc2)cc1. The smallest absolute Gasteiger partial charge is 0.165 e. The van der Waals surface area contributed by atoms with E-state index in [-0.39, 0.29) is 0 Å². The summed E-state index contributed by atoms with van der Waals surface area (Å²) >= 11 is 0. The van der Waals surface area contributed by atoms with E-state index in [0.717, 1.165) is 71.9 Å². The zero-order valence-electron chi connectivity index (χ0n) is 26.7. The molecule has 50 heavy (non-hydrogen) atoms. The number of para-hydroxylation sites is 2. The molecule has 10 aromatic rings. The molecular formula is C44H27N5O. The maximum Gasteiger partial charge on any atom is 0.165 e. The lowest BCUT2D eigenvalue weighted by Crippen LogP contribution is -2.00. The van der Waals surface area contributed by atoms with Gasteiger partial charge < -0.3 is 8.98 Å². The van der Waals surface area contributed by atoms with E-state index >= 15 is 0 Å². The average molecular weight is 642 g/mol. The van der Waals surface area contributed by atoms with E-state index in [4.69, 9.17) is 19.4 Å². The van der Waals surface area contributed by atoms with Crippen molar-refractivity contribution in [2.45, 2.75) is 0 Å². The summed E-state index contributed by atoms with van der Waals surface area (Å²) in [6, 6.07) is 52.0. The van der Waals surface area contributed by atoms with Gasteiger partial charge in [0.1, 0.15) is 11.2 Å². The fraction of sp³-hybridized carbons (Fsp3) is 0. The fourth-order valence-corrected chi connectivity index (χ4v) is 7.08. The number of furan rings is 1. The van der Waals surface area contributed by atoms with Crippen LogP contribution in [0.2, 0.25) is 0 Å². The Hall–Kier alpha value is -6.92. The largest absolute Gasteiger partial charge is 0.456 e. The molecule has 0 saturated heterocycles. The van der Waals surface area contributed by atoms with Crippen LogP contribution < -0.4 is 0 Å². The fourth-order valence-electron chi connectivity index (χ4n) is 7.08. The van der Waals surface area contributed by atoms with Crippen molar-refractivity contribution in [2.24, 2.45) is 0 Å². The van der Waals surface area contributed by atoms with E-state index in [1.807, 2.05) is 36.4 Å². The molecule has 0 bridgehead atoms. The Bertz CT molecular complexity index is 2840. The van der Waals surface area contributed by atoms with Crippen LogP contribution in [0.1, 0.15) is 0 Å². The van der Waals surface area contributed by atoms with Gasteiger partial charge in [0, 0.05) is 50.9 Å². The molecule has 0 aliphatic rings. The zero-order valence-corrected chi connectivity index (χ0v) is 26.7. The summed E-state index contributed by atoms with van der Waals surface area (Å²) in [6.45, 7) is 0. The van der Waals surface area contributed by atoms with E-state index in [9.17, 15) is 0 Å². The topological polar surface area (TPSA) is 69.6 Å². The van der Waals surface area contributed by atoms with Gasteiger partial charge in [-0.1, -0.05) is 103 Å². The number of benzene rings is 6. The third-order valence-corrected chi connectivity index (χ3v) is 9.36. The van der Waals surface area contributed by atoms with E-state index < -0.39 is 0 Å². The Labute approximate surface area is 287 Å². The first kappa shape index (κ1) is 28.1.